The van der Waals surface area contributed by atoms with E-state index < -0.39 is 11.3 Å². The average Bonchev–Trinajstić information content (AvgIpc) is 2.02. The van der Waals surface area contributed by atoms with Gasteiger partial charge in [0.1, 0.15) is 0 Å². The van der Waals surface area contributed by atoms with Crippen LogP contribution in [0.25, 0.3) is 0 Å². The predicted octanol–water partition coefficient (Wildman–Crippen LogP) is 3.57. The summed E-state index contributed by atoms with van der Waals surface area (Å²) in [6.45, 7) is 0. The molecule has 0 unspecified atom stereocenters. The molecule has 76 valence electrons. The summed E-state index contributed by atoms with van der Waals surface area (Å²) in [6, 6.07) is 1.22. The van der Waals surface area contributed by atoms with E-state index in [-0.39, 0.29) is 10.7 Å². The van der Waals surface area contributed by atoms with Crippen LogP contribution in [0.5, 0.6) is 0 Å². The second-order valence-corrected chi connectivity index (χ2v) is 3.06. The molecule has 0 saturated carbocycles. The number of halogens is 5. The fourth-order valence-corrected chi connectivity index (χ4v) is 0.904. The van der Waals surface area contributed by atoms with E-state index in [1.54, 1.807) is 0 Å². The molecule has 0 fully saturated rings. The van der Waals surface area contributed by atoms with Crippen LogP contribution in [0.4, 0.5) is 18.9 Å². The van der Waals surface area contributed by atoms with E-state index in [1.165, 1.54) is 12.3 Å². The highest BCUT2D eigenvalue weighted by molar-refractivity contribution is 6.67. The van der Waals surface area contributed by atoms with E-state index in [2.05, 4.69) is 9.98 Å². The van der Waals surface area contributed by atoms with Gasteiger partial charge in [-0.3, -0.25) is 4.98 Å². The largest absolute Gasteiger partial charge is 0.444 e. The van der Waals surface area contributed by atoms with E-state index in [0.29, 0.717) is 0 Å². The quantitative estimate of drug-likeness (QED) is 0.692. The molecular weight excluding hydrogens is 240 g/mol. The minimum Gasteiger partial charge on any atom is -0.261 e. The highest BCUT2D eigenvalue weighted by Crippen LogP contribution is 2.24. The van der Waals surface area contributed by atoms with Gasteiger partial charge in [-0.1, -0.05) is 23.2 Å². The van der Waals surface area contributed by atoms with E-state index in [9.17, 15) is 13.2 Å². The van der Waals surface area contributed by atoms with Crippen molar-refractivity contribution >= 4 is 34.1 Å². The molecule has 1 heterocycles. The van der Waals surface area contributed by atoms with Crippen molar-refractivity contribution in [2.45, 2.75) is 6.18 Å². The molecule has 0 spiro atoms. The van der Waals surface area contributed by atoms with Crippen LogP contribution in [0.3, 0.4) is 0 Å². The van der Waals surface area contributed by atoms with Crippen molar-refractivity contribution in [1.29, 1.82) is 0 Å². The van der Waals surface area contributed by atoms with Crippen LogP contribution >= 0.6 is 23.2 Å². The molecular formula is C7H3Cl2F3N2. The molecule has 0 aliphatic carbocycles. The van der Waals surface area contributed by atoms with E-state index in [1.807, 2.05) is 0 Å². The summed E-state index contributed by atoms with van der Waals surface area (Å²) < 4.78 is 35.8. The van der Waals surface area contributed by atoms with Crippen LogP contribution in [0, 0.1) is 0 Å². The molecule has 0 amide bonds. The van der Waals surface area contributed by atoms with Gasteiger partial charge in [-0.15, -0.1) is 0 Å². The minimum atomic E-state index is -4.65. The Morgan fingerprint density at radius 1 is 1.36 bits per heavy atom. The standard InChI is InChI=1S/C7H3Cl2F3N2/c8-4-1-5(3-13-2-4)14-6(9)7(10,11)12/h1-3H. The van der Waals surface area contributed by atoms with E-state index in [0.717, 1.165) is 6.20 Å². The third-order valence-electron chi connectivity index (χ3n) is 1.15. The number of hydrogen-bond acceptors (Lipinski definition) is 2. The van der Waals surface area contributed by atoms with Crippen molar-refractivity contribution < 1.29 is 13.2 Å². The van der Waals surface area contributed by atoms with Crippen molar-refractivity contribution in [3.63, 3.8) is 0 Å². The number of aliphatic imine (C=N–C) groups is 1. The molecule has 1 rings (SSSR count). The maximum atomic E-state index is 11.9. The molecule has 1 aromatic rings. The first-order chi connectivity index (χ1) is 6.39. The van der Waals surface area contributed by atoms with Gasteiger partial charge in [0.2, 0.25) is 5.17 Å². The summed E-state index contributed by atoms with van der Waals surface area (Å²) in [7, 11) is 0. The summed E-state index contributed by atoms with van der Waals surface area (Å²) in [5.41, 5.74) is -0.0418. The van der Waals surface area contributed by atoms with Gasteiger partial charge in [-0.2, -0.15) is 13.2 Å². The maximum absolute atomic E-state index is 11.9. The van der Waals surface area contributed by atoms with Crippen LogP contribution in [0.2, 0.25) is 5.02 Å². The van der Waals surface area contributed by atoms with Crippen LogP contribution in [0.15, 0.2) is 23.5 Å². The molecule has 0 bridgehead atoms. The van der Waals surface area contributed by atoms with E-state index >= 15 is 0 Å². The first-order valence-corrected chi connectivity index (χ1v) is 4.07. The Morgan fingerprint density at radius 3 is 2.50 bits per heavy atom. The van der Waals surface area contributed by atoms with Crippen molar-refractivity contribution in [3.05, 3.63) is 23.5 Å². The summed E-state index contributed by atoms with van der Waals surface area (Å²) in [5, 5.41) is -1.26. The zero-order valence-electron chi connectivity index (χ0n) is 6.52. The minimum absolute atomic E-state index is 0.0418. The van der Waals surface area contributed by atoms with Gasteiger partial charge < -0.3 is 0 Å². The fourth-order valence-electron chi connectivity index (χ4n) is 0.639. The maximum Gasteiger partial charge on any atom is 0.444 e. The lowest BCUT2D eigenvalue weighted by Gasteiger charge is -2.02. The van der Waals surface area contributed by atoms with Gasteiger partial charge in [0.15, 0.2) is 0 Å². The molecule has 14 heavy (non-hydrogen) atoms. The summed E-state index contributed by atoms with van der Waals surface area (Å²) in [4.78, 5) is 6.66. The summed E-state index contributed by atoms with van der Waals surface area (Å²) in [5.74, 6) is 0. The van der Waals surface area contributed by atoms with Gasteiger partial charge >= 0.3 is 6.18 Å². The molecule has 0 atom stereocenters. The number of rotatable bonds is 1. The lowest BCUT2D eigenvalue weighted by molar-refractivity contribution is -0.0558. The summed E-state index contributed by atoms with van der Waals surface area (Å²) in [6.07, 6.45) is -2.24. The third-order valence-corrected chi connectivity index (χ3v) is 1.66. The van der Waals surface area contributed by atoms with Crippen molar-refractivity contribution in [3.8, 4) is 0 Å². The Kier molecular flexibility index (Phi) is 3.34. The SMILES string of the molecule is FC(F)(F)C(Cl)=Nc1cncc(Cl)c1. The first kappa shape index (κ1) is 11.3. The Bertz CT molecular complexity index is 362. The molecule has 0 N–H and O–H groups in total. The second-order valence-electron chi connectivity index (χ2n) is 2.26. The molecule has 0 radical (unpaired) electrons. The number of hydrogen-bond donors (Lipinski definition) is 0. The smallest absolute Gasteiger partial charge is 0.261 e. The Hall–Kier alpha value is -0.810. The van der Waals surface area contributed by atoms with Gasteiger partial charge in [0.05, 0.1) is 16.9 Å². The van der Waals surface area contributed by atoms with Gasteiger partial charge in [-0.05, 0) is 6.07 Å². The normalized spacial score (nSPS) is 13.1. The second kappa shape index (κ2) is 4.14. The van der Waals surface area contributed by atoms with Gasteiger partial charge in [0.25, 0.3) is 0 Å². The van der Waals surface area contributed by atoms with Gasteiger partial charge in [-0.25, -0.2) is 4.99 Å². The highest BCUT2D eigenvalue weighted by Gasteiger charge is 2.34. The van der Waals surface area contributed by atoms with Crippen molar-refractivity contribution in [1.82, 2.24) is 4.98 Å². The Morgan fingerprint density at radius 2 is 2.00 bits per heavy atom. The molecule has 0 aliphatic heterocycles. The average molecular weight is 243 g/mol. The number of nitrogens with zero attached hydrogens (tertiary/aromatic N) is 2. The third kappa shape index (κ3) is 3.16. The first-order valence-electron chi connectivity index (χ1n) is 3.31. The van der Waals surface area contributed by atoms with E-state index in [4.69, 9.17) is 23.2 Å². The Labute approximate surface area is 87.4 Å². The topological polar surface area (TPSA) is 25.2 Å². The lowest BCUT2D eigenvalue weighted by atomic mass is 10.4. The fraction of sp³-hybridized carbons (Fsp3) is 0.143. The molecule has 0 saturated heterocycles. The van der Waals surface area contributed by atoms with Crippen molar-refractivity contribution in [2.24, 2.45) is 4.99 Å². The molecule has 2 nitrogen and oxygen atoms in total. The van der Waals surface area contributed by atoms with Crippen LogP contribution in [-0.4, -0.2) is 16.3 Å². The predicted molar refractivity (Wildman–Crippen MR) is 48.3 cm³/mol. The zero-order valence-corrected chi connectivity index (χ0v) is 8.03. The summed E-state index contributed by atoms with van der Waals surface area (Å²) >= 11 is 10.4. The Balaban J connectivity index is 2.98. The monoisotopic (exact) mass is 242 g/mol. The van der Waals surface area contributed by atoms with Crippen molar-refractivity contribution in [2.75, 3.05) is 0 Å². The number of pyridine rings is 1. The highest BCUT2D eigenvalue weighted by atomic mass is 35.5. The van der Waals surface area contributed by atoms with Gasteiger partial charge in [0, 0.05) is 6.20 Å². The molecule has 7 heteroatoms. The van der Waals surface area contributed by atoms with Crippen LogP contribution in [0.1, 0.15) is 0 Å². The molecule has 0 aliphatic rings. The van der Waals surface area contributed by atoms with Crippen LogP contribution < -0.4 is 0 Å². The lowest BCUT2D eigenvalue weighted by Crippen LogP contribution is -2.16. The zero-order chi connectivity index (χ0) is 10.8. The molecule has 0 aromatic carbocycles. The van der Waals surface area contributed by atoms with Crippen LogP contribution in [-0.2, 0) is 0 Å². The molecule has 1 aromatic heterocycles. The number of aromatic nitrogens is 1. The number of alkyl halides is 3.